The molecule has 0 heterocycles. The topological polar surface area (TPSA) is 55.1 Å². The molecule has 1 amide bonds. The van der Waals surface area contributed by atoms with Crippen LogP contribution in [0.5, 0.6) is 0 Å². The SMILES string of the molecule is CCC(C)CNC(=O)c1cc(N)cc(Cl)c1. The maximum absolute atomic E-state index is 11.7. The highest BCUT2D eigenvalue weighted by Crippen LogP contribution is 2.16. The predicted octanol–water partition coefficient (Wildman–Crippen LogP) is 2.70. The van der Waals surface area contributed by atoms with Crippen LogP contribution in [0.25, 0.3) is 0 Å². The molecule has 0 aliphatic heterocycles. The van der Waals surface area contributed by atoms with Gasteiger partial charge in [0, 0.05) is 22.8 Å². The minimum Gasteiger partial charge on any atom is -0.399 e. The van der Waals surface area contributed by atoms with Gasteiger partial charge in [0.1, 0.15) is 0 Å². The van der Waals surface area contributed by atoms with Gasteiger partial charge >= 0.3 is 0 Å². The number of anilines is 1. The van der Waals surface area contributed by atoms with Crippen molar-refractivity contribution in [2.75, 3.05) is 12.3 Å². The van der Waals surface area contributed by atoms with Gasteiger partial charge in [-0.05, 0) is 24.1 Å². The van der Waals surface area contributed by atoms with Gasteiger partial charge in [-0.3, -0.25) is 4.79 Å². The lowest BCUT2D eigenvalue weighted by Gasteiger charge is -2.10. The van der Waals surface area contributed by atoms with Crippen molar-refractivity contribution in [3.8, 4) is 0 Å². The number of nitrogen functional groups attached to an aromatic ring is 1. The third-order valence-corrected chi connectivity index (χ3v) is 2.71. The van der Waals surface area contributed by atoms with Crippen molar-refractivity contribution in [2.45, 2.75) is 20.3 Å². The van der Waals surface area contributed by atoms with Gasteiger partial charge in [-0.1, -0.05) is 31.9 Å². The van der Waals surface area contributed by atoms with Crippen LogP contribution < -0.4 is 11.1 Å². The molecule has 16 heavy (non-hydrogen) atoms. The monoisotopic (exact) mass is 240 g/mol. The smallest absolute Gasteiger partial charge is 0.251 e. The van der Waals surface area contributed by atoms with E-state index >= 15 is 0 Å². The highest BCUT2D eigenvalue weighted by molar-refractivity contribution is 6.31. The van der Waals surface area contributed by atoms with Crippen LogP contribution >= 0.6 is 11.6 Å². The summed E-state index contributed by atoms with van der Waals surface area (Å²) in [5.74, 6) is 0.343. The standard InChI is InChI=1S/C12H17ClN2O/c1-3-8(2)7-15-12(16)9-4-10(13)6-11(14)5-9/h4-6,8H,3,7,14H2,1-2H3,(H,15,16). The molecule has 0 aliphatic carbocycles. The number of nitrogens with one attached hydrogen (secondary N) is 1. The van der Waals surface area contributed by atoms with Gasteiger partial charge in [0.15, 0.2) is 0 Å². The van der Waals surface area contributed by atoms with E-state index in [0.29, 0.717) is 28.7 Å². The van der Waals surface area contributed by atoms with Crippen LogP contribution in [-0.4, -0.2) is 12.5 Å². The summed E-state index contributed by atoms with van der Waals surface area (Å²) >= 11 is 5.82. The van der Waals surface area contributed by atoms with Crippen molar-refractivity contribution in [2.24, 2.45) is 5.92 Å². The number of halogens is 1. The lowest BCUT2D eigenvalue weighted by Crippen LogP contribution is -2.28. The van der Waals surface area contributed by atoms with Crippen LogP contribution in [0.2, 0.25) is 5.02 Å². The summed E-state index contributed by atoms with van der Waals surface area (Å²) in [4.78, 5) is 11.7. The third kappa shape index (κ3) is 3.74. The van der Waals surface area contributed by atoms with Crippen molar-refractivity contribution in [1.29, 1.82) is 0 Å². The Labute approximate surface area is 101 Å². The second-order valence-corrected chi connectivity index (χ2v) is 4.43. The number of rotatable bonds is 4. The molecule has 0 aromatic heterocycles. The van der Waals surface area contributed by atoms with Crippen LogP contribution in [0, 0.1) is 5.92 Å². The zero-order valence-corrected chi connectivity index (χ0v) is 10.3. The Kier molecular flexibility index (Phi) is 4.62. The van der Waals surface area contributed by atoms with Crippen molar-refractivity contribution in [3.63, 3.8) is 0 Å². The number of hydrogen-bond acceptors (Lipinski definition) is 2. The van der Waals surface area contributed by atoms with Crippen LogP contribution in [0.3, 0.4) is 0 Å². The molecule has 4 heteroatoms. The molecule has 1 aromatic carbocycles. The number of nitrogens with two attached hydrogens (primary N) is 1. The average molecular weight is 241 g/mol. The molecule has 3 nitrogen and oxygen atoms in total. The zero-order valence-electron chi connectivity index (χ0n) is 9.59. The molecule has 0 aliphatic rings. The molecular weight excluding hydrogens is 224 g/mol. The Morgan fingerprint density at radius 3 is 2.75 bits per heavy atom. The lowest BCUT2D eigenvalue weighted by atomic mass is 10.1. The van der Waals surface area contributed by atoms with Gasteiger partial charge in [0.05, 0.1) is 0 Å². The van der Waals surface area contributed by atoms with Crippen molar-refractivity contribution < 1.29 is 4.79 Å². The van der Waals surface area contributed by atoms with E-state index in [-0.39, 0.29) is 5.91 Å². The maximum Gasteiger partial charge on any atom is 0.251 e. The van der Waals surface area contributed by atoms with E-state index in [2.05, 4.69) is 19.2 Å². The molecule has 0 saturated carbocycles. The summed E-state index contributed by atoms with van der Waals surface area (Å²) in [6, 6.07) is 4.86. The Bertz CT molecular complexity index is 359. The van der Waals surface area contributed by atoms with Crippen LogP contribution in [-0.2, 0) is 0 Å². The fourth-order valence-electron chi connectivity index (χ4n) is 1.26. The van der Waals surface area contributed by atoms with Gasteiger partial charge in [0.25, 0.3) is 5.91 Å². The summed E-state index contributed by atoms with van der Waals surface area (Å²) in [6.45, 7) is 4.85. The number of carbonyl (C=O) groups excluding carboxylic acids is 1. The molecule has 1 rings (SSSR count). The highest BCUT2D eigenvalue weighted by atomic mass is 35.5. The minimum atomic E-state index is -0.130. The summed E-state index contributed by atoms with van der Waals surface area (Å²) in [7, 11) is 0. The summed E-state index contributed by atoms with van der Waals surface area (Å²) < 4.78 is 0. The Balaban J connectivity index is 2.66. The van der Waals surface area contributed by atoms with E-state index in [4.69, 9.17) is 17.3 Å². The zero-order chi connectivity index (χ0) is 12.1. The highest BCUT2D eigenvalue weighted by Gasteiger charge is 2.08. The summed E-state index contributed by atoms with van der Waals surface area (Å²) in [6.07, 6.45) is 1.04. The molecule has 1 atom stereocenters. The molecule has 1 aromatic rings. The number of amides is 1. The summed E-state index contributed by atoms with van der Waals surface area (Å²) in [5.41, 5.74) is 6.62. The second-order valence-electron chi connectivity index (χ2n) is 4.00. The van der Waals surface area contributed by atoms with Crippen molar-refractivity contribution in [1.82, 2.24) is 5.32 Å². The minimum absolute atomic E-state index is 0.130. The second kappa shape index (κ2) is 5.75. The number of carbonyl (C=O) groups is 1. The molecule has 0 spiro atoms. The van der Waals surface area contributed by atoms with Crippen molar-refractivity contribution in [3.05, 3.63) is 28.8 Å². The molecule has 3 N–H and O–H groups in total. The Morgan fingerprint density at radius 1 is 1.50 bits per heavy atom. The molecule has 0 radical (unpaired) electrons. The van der Waals surface area contributed by atoms with Crippen LogP contribution in [0.15, 0.2) is 18.2 Å². The number of benzene rings is 1. The first-order chi connectivity index (χ1) is 7.52. The third-order valence-electron chi connectivity index (χ3n) is 2.49. The van der Waals surface area contributed by atoms with Gasteiger partial charge in [0.2, 0.25) is 0 Å². The average Bonchev–Trinajstić information content (AvgIpc) is 2.23. The molecule has 0 bridgehead atoms. The molecule has 88 valence electrons. The van der Waals surface area contributed by atoms with Crippen LogP contribution in [0.1, 0.15) is 30.6 Å². The Hall–Kier alpha value is -1.22. The Morgan fingerprint density at radius 2 is 2.19 bits per heavy atom. The largest absolute Gasteiger partial charge is 0.399 e. The number of hydrogen-bond donors (Lipinski definition) is 2. The van der Waals surface area contributed by atoms with Crippen molar-refractivity contribution >= 4 is 23.2 Å². The van der Waals surface area contributed by atoms with E-state index in [0.717, 1.165) is 6.42 Å². The quantitative estimate of drug-likeness (QED) is 0.795. The van der Waals surface area contributed by atoms with Gasteiger partial charge in [-0.25, -0.2) is 0 Å². The molecule has 0 saturated heterocycles. The van der Waals surface area contributed by atoms with Crippen LogP contribution in [0.4, 0.5) is 5.69 Å². The fraction of sp³-hybridized carbons (Fsp3) is 0.417. The fourth-order valence-corrected chi connectivity index (χ4v) is 1.50. The first-order valence-corrected chi connectivity index (χ1v) is 5.75. The lowest BCUT2D eigenvalue weighted by molar-refractivity contribution is 0.0948. The first-order valence-electron chi connectivity index (χ1n) is 5.37. The predicted molar refractivity (Wildman–Crippen MR) is 67.7 cm³/mol. The van der Waals surface area contributed by atoms with Gasteiger partial charge in [-0.2, -0.15) is 0 Å². The maximum atomic E-state index is 11.7. The molecule has 1 unspecified atom stereocenters. The van der Waals surface area contributed by atoms with Gasteiger partial charge in [-0.15, -0.1) is 0 Å². The summed E-state index contributed by atoms with van der Waals surface area (Å²) in [5, 5.41) is 3.33. The van der Waals surface area contributed by atoms with E-state index < -0.39 is 0 Å². The molecule has 0 fully saturated rings. The van der Waals surface area contributed by atoms with E-state index in [1.807, 2.05) is 0 Å². The van der Waals surface area contributed by atoms with E-state index in [1.54, 1.807) is 18.2 Å². The molecular formula is C12H17ClN2O. The van der Waals surface area contributed by atoms with E-state index in [9.17, 15) is 4.79 Å². The van der Waals surface area contributed by atoms with Gasteiger partial charge < -0.3 is 11.1 Å². The van der Waals surface area contributed by atoms with E-state index in [1.165, 1.54) is 0 Å². The first kappa shape index (κ1) is 12.8. The normalized spacial score (nSPS) is 12.2.